The fourth-order valence-corrected chi connectivity index (χ4v) is 7.70. The van der Waals surface area contributed by atoms with E-state index < -0.39 is 17.8 Å². The van der Waals surface area contributed by atoms with Gasteiger partial charge in [-0.15, -0.1) is 0 Å². The van der Waals surface area contributed by atoms with Crippen LogP contribution < -0.4 is 0 Å². The van der Waals surface area contributed by atoms with E-state index >= 15 is 0 Å². The van der Waals surface area contributed by atoms with Gasteiger partial charge in [-0.2, -0.15) is 0 Å². The quantitative estimate of drug-likeness (QED) is 0.636. The zero-order valence-electron chi connectivity index (χ0n) is 15.8. The highest BCUT2D eigenvalue weighted by atomic mass is 16.3. The Morgan fingerprint density at radius 1 is 0.792 bits per heavy atom. The van der Waals surface area contributed by atoms with Crippen molar-refractivity contribution < 1.29 is 15.3 Å². The lowest BCUT2D eigenvalue weighted by Crippen LogP contribution is -2.64. The summed E-state index contributed by atoms with van der Waals surface area (Å²) in [6.07, 6.45) is 6.26. The molecule has 3 nitrogen and oxygen atoms in total. The van der Waals surface area contributed by atoms with Crippen molar-refractivity contribution in [3.05, 3.63) is 0 Å². The minimum atomic E-state index is -0.633. The normalized spacial score (nSPS) is 63.4. The summed E-state index contributed by atoms with van der Waals surface area (Å²) in [5.74, 6) is 1.89. The van der Waals surface area contributed by atoms with Crippen molar-refractivity contribution in [1.82, 2.24) is 0 Å². The number of fused-ring (bicyclic) bond motifs is 5. The summed E-state index contributed by atoms with van der Waals surface area (Å²) in [4.78, 5) is 0. The molecule has 4 fully saturated rings. The summed E-state index contributed by atoms with van der Waals surface area (Å²) in [6, 6.07) is 0. The second-order valence-electron chi connectivity index (χ2n) is 10.5. The van der Waals surface area contributed by atoms with Crippen LogP contribution >= 0.6 is 0 Å². The molecule has 0 amide bonds. The van der Waals surface area contributed by atoms with E-state index in [2.05, 4.69) is 20.8 Å². The molecule has 0 aromatic heterocycles. The molecule has 138 valence electrons. The molecule has 10 atom stereocenters. The Balaban J connectivity index is 1.73. The molecule has 0 spiro atoms. The van der Waals surface area contributed by atoms with E-state index in [-0.39, 0.29) is 22.7 Å². The van der Waals surface area contributed by atoms with Gasteiger partial charge in [-0.3, -0.25) is 0 Å². The van der Waals surface area contributed by atoms with Gasteiger partial charge in [0.05, 0.1) is 17.8 Å². The summed E-state index contributed by atoms with van der Waals surface area (Å²) < 4.78 is 0. The predicted octanol–water partition coefficient (Wildman–Crippen LogP) is 3.36. The molecule has 0 heterocycles. The standard InChI is InChI=1S/C21H36O3/c1-12-5-8-19(2)13-6-9-20(3)14(7-10-21(20,4)24)16(13)18(23)17(22)15(19)11-12/h12-18,22-24H,5-11H2,1-4H3/t12-,13-,14-,15+,16?,17+,18?,19+,20-,21-/m0/s1. The van der Waals surface area contributed by atoms with Crippen molar-refractivity contribution in [2.45, 2.75) is 90.4 Å². The molecular weight excluding hydrogens is 300 g/mol. The van der Waals surface area contributed by atoms with Gasteiger partial charge in [-0.1, -0.05) is 27.2 Å². The van der Waals surface area contributed by atoms with Gasteiger partial charge in [0, 0.05) is 0 Å². The highest BCUT2D eigenvalue weighted by molar-refractivity contribution is 5.16. The molecule has 0 saturated heterocycles. The van der Waals surface area contributed by atoms with Crippen molar-refractivity contribution >= 4 is 0 Å². The zero-order valence-corrected chi connectivity index (χ0v) is 15.8. The fraction of sp³-hybridized carbons (Fsp3) is 1.00. The average Bonchev–Trinajstić information content (AvgIpc) is 2.77. The Bertz CT molecular complexity index is 517. The van der Waals surface area contributed by atoms with Crippen LogP contribution in [0.1, 0.15) is 72.6 Å². The minimum absolute atomic E-state index is 0.111. The first-order valence-electron chi connectivity index (χ1n) is 10.2. The van der Waals surface area contributed by atoms with Gasteiger partial charge < -0.3 is 15.3 Å². The Morgan fingerprint density at radius 2 is 1.46 bits per heavy atom. The summed E-state index contributed by atoms with van der Waals surface area (Å²) in [6.45, 7) is 8.91. The van der Waals surface area contributed by atoms with Gasteiger partial charge in [0.2, 0.25) is 0 Å². The largest absolute Gasteiger partial charge is 0.390 e. The van der Waals surface area contributed by atoms with Crippen LogP contribution in [0.4, 0.5) is 0 Å². The maximum Gasteiger partial charge on any atom is 0.0835 e. The lowest BCUT2D eigenvalue weighted by atomic mass is 9.42. The minimum Gasteiger partial charge on any atom is -0.390 e. The number of hydrogen-bond donors (Lipinski definition) is 3. The lowest BCUT2D eigenvalue weighted by molar-refractivity contribution is -0.227. The van der Waals surface area contributed by atoms with Crippen LogP contribution in [-0.4, -0.2) is 33.1 Å². The molecule has 24 heavy (non-hydrogen) atoms. The van der Waals surface area contributed by atoms with Crippen LogP contribution in [0.3, 0.4) is 0 Å². The van der Waals surface area contributed by atoms with Crippen LogP contribution in [0.5, 0.6) is 0 Å². The van der Waals surface area contributed by atoms with Gasteiger partial charge in [-0.05, 0) is 85.9 Å². The first-order valence-corrected chi connectivity index (χ1v) is 10.2. The highest BCUT2D eigenvalue weighted by Gasteiger charge is 2.66. The Morgan fingerprint density at radius 3 is 2.17 bits per heavy atom. The second-order valence-corrected chi connectivity index (χ2v) is 10.5. The fourth-order valence-electron chi connectivity index (χ4n) is 7.70. The van der Waals surface area contributed by atoms with E-state index in [0.717, 1.165) is 32.1 Å². The maximum atomic E-state index is 11.1. The summed E-state index contributed by atoms with van der Waals surface area (Å²) in [7, 11) is 0. The number of rotatable bonds is 0. The monoisotopic (exact) mass is 336 g/mol. The average molecular weight is 337 g/mol. The van der Waals surface area contributed by atoms with Gasteiger partial charge >= 0.3 is 0 Å². The third-order valence-electron chi connectivity index (χ3n) is 9.58. The van der Waals surface area contributed by atoms with E-state index in [1.807, 2.05) is 6.92 Å². The third-order valence-corrected chi connectivity index (χ3v) is 9.58. The van der Waals surface area contributed by atoms with Crippen molar-refractivity contribution in [3.63, 3.8) is 0 Å². The van der Waals surface area contributed by atoms with Crippen LogP contribution in [0.2, 0.25) is 0 Å². The first-order chi connectivity index (χ1) is 11.1. The third kappa shape index (κ3) is 2.01. The van der Waals surface area contributed by atoms with E-state index in [1.54, 1.807) is 0 Å². The number of hydrogen-bond acceptors (Lipinski definition) is 3. The molecule has 0 aliphatic heterocycles. The zero-order chi connectivity index (χ0) is 17.5. The van der Waals surface area contributed by atoms with Crippen molar-refractivity contribution in [3.8, 4) is 0 Å². The smallest absolute Gasteiger partial charge is 0.0835 e. The van der Waals surface area contributed by atoms with Crippen molar-refractivity contribution in [2.75, 3.05) is 0 Å². The Labute approximate surface area is 146 Å². The summed E-state index contributed by atoms with van der Waals surface area (Å²) >= 11 is 0. The lowest BCUT2D eigenvalue weighted by Gasteiger charge is -2.64. The van der Waals surface area contributed by atoms with E-state index in [1.165, 1.54) is 12.8 Å². The molecule has 4 rings (SSSR count). The van der Waals surface area contributed by atoms with E-state index in [4.69, 9.17) is 0 Å². The van der Waals surface area contributed by atoms with Gasteiger partial charge in [0.1, 0.15) is 0 Å². The van der Waals surface area contributed by atoms with Crippen LogP contribution in [0.25, 0.3) is 0 Å². The molecule has 0 aromatic carbocycles. The first kappa shape index (κ1) is 17.3. The molecule has 4 aliphatic carbocycles. The molecule has 0 bridgehead atoms. The molecule has 3 N–H and O–H groups in total. The molecule has 0 aromatic rings. The molecule has 4 aliphatic rings. The number of aliphatic hydroxyl groups is 3. The maximum absolute atomic E-state index is 11.1. The van der Waals surface area contributed by atoms with Crippen LogP contribution in [0.15, 0.2) is 0 Å². The second kappa shape index (κ2) is 5.20. The Kier molecular flexibility index (Phi) is 3.75. The summed E-state index contributed by atoms with van der Waals surface area (Å²) in [5, 5.41) is 33.1. The van der Waals surface area contributed by atoms with Gasteiger partial charge in [-0.25, -0.2) is 0 Å². The van der Waals surface area contributed by atoms with Crippen LogP contribution in [0, 0.1) is 40.4 Å². The van der Waals surface area contributed by atoms with Gasteiger partial charge in [0.25, 0.3) is 0 Å². The van der Waals surface area contributed by atoms with E-state index in [0.29, 0.717) is 17.8 Å². The molecule has 2 unspecified atom stereocenters. The van der Waals surface area contributed by atoms with Crippen molar-refractivity contribution in [1.29, 1.82) is 0 Å². The molecular formula is C21H36O3. The van der Waals surface area contributed by atoms with Crippen LogP contribution in [-0.2, 0) is 0 Å². The molecule has 3 heteroatoms. The van der Waals surface area contributed by atoms with Crippen molar-refractivity contribution in [2.24, 2.45) is 40.4 Å². The SMILES string of the molecule is C[C@H]1CC[C@@]2(C)[C@H](C1)[C@@H](O)C(O)C1[C@@H]2CC[C@@]2(C)[C@H]1CC[C@]2(C)O. The molecule has 0 radical (unpaired) electrons. The van der Waals surface area contributed by atoms with Gasteiger partial charge in [0.15, 0.2) is 0 Å². The van der Waals surface area contributed by atoms with E-state index in [9.17, 15) is 15.3 Å². The summed E-state index contributed by atoms with van der Waals surface area (Å²) in [5.41, 5.74) is -0.586. The number of aliphatic hydroxyl groups excluding tert-OH is 2. The Hall–Kier alpha value is -0.120. The highest BCUT2D eigenvalue weighted by Crippen LogP contribution is 2.68. The predicted molar refractivity (Wildman–Crippen MR) is 94.3 cm³/mol. The topological polar surface area (TPSA) is 60.7 Å². The molecule has 4 saturated carbocycles.